The second kappa shape index (κ2) is 6.07. The van der Waals surface area contributed by atoms with Gasteiger partial charge >= 0.3 is 0 Å². The maximum atomic E-state index is 13.5. The first-order valence-corrected chi connectivity index (χ1v) is 5.24. The third kappa shape index (κ3) is 3.50. The highest BCUT2D eigenvalue weighted by molar-refractivity contribution is 5.77. The number of halogens is 2. The average molecular weight is 253 g/mol. The summed E-state index contributed by atoms with van der Waals surface area (Å²) in [6.07, 6.45) is 0. The van der Waals surface area contributed by atoms with E-state index in [1.165, 1.54) is 4.90 Å². The van der Waals surface area contributed by atoms with Crippen molar-refractivity contribution in [3.05, 3.63) is 34.9 Å². The van der Waals surface area contributed by atoms with E-state index in [-0.39, 0.29) is 30.1 Å². The number of nitrogens with one attached hydrogen (secondary N) is 1. The van der Waals surface area contributed by atoms with Crippen molar-refractivity contribution < 1.29 is 13.6 Å². The predicted octanol–water partition coefficient (Wildman–Crippen LogP) is 1.01. The van der Waals surface area contributed by atoms with Crippen molar-refractivity contribution in [2.24, 2.45) is 0 Å². The Morgan fingerprint density at radius 2 is 1.94 bits per heavy atom. The van der Waals surface area contributed by atoms with E-state index < -0.39 is 11.6 Å². The van der Waals surface area contributed by atoms with E-state index in [0.29, 0.717) is 0 Å². The van der Waals surface area contributed by atoms with Gasteiger partial charge in [0.05, 0.1) is 18.2 Å². The number of hydrogen-bond acceptors (Lipinski definition) is 3. The third-order valence-corrected chi connectivity index (χ3v) is 2.35. The summed E-state index contributed by atoms with van der Waals surface area (Å²) in [6, 6.07) is 3.60. The number of benzene rings is 1. The summed E-state index contributed by atoms with van der Waals surface area (Å²) in [5.74, 6) is -1.78. The van der Waals surface area contributed by atoms with E-state index in [1.807, 2.05) is 0 Å². The molecule has 18 heavy (non-hydrogen) atoms. The van der Waals surface area contributed by atoms with Crippen molar-refractivity contribution in [2.75, 3.05) is 20.6 Å². The summed E-state index contributed by atoms with van der Waals surface area (Å²) >= 11 is 0. The maximum Gasteiger partial charge on any atom is 0.236 e. The van der Waals surface area contributed by atoms with Gasteiger partial charge in [0.15, 0.2) is 0 Å². The Morgan fingerprint density at radius 1 is 1.39 bits per heavy atom. The van der Waals surface area contributed by atoms with Gasteiger partial charge in [-0.1, -0.05) is 0 Å². The van der Waals surface area contributed by atoms with Crippen LogP contribution in [0.5, 0.6) is 0 Å². The van der Waals surface area contributed by atoms with E-state index in [0.717, 1.165) is 12.1 Å². The molecule has 1 aromatic rings. The first kappa shape index (κ1) is 14.1. The highest BCUT2D eigenvalue weighted by atomic mass is 19.1. The number of rotatable bonds is 4. The van der Waals surface area contributed by atoms with Gasteiger partial charge in [-0.15, -0.1) is 0 Å². The van der Waals surface area contributed by atoms with E-state index in [1.54, 1.807) is 20.2 Å². The fraction of sp³-hybridized carbons (Fsp3) is 0.333. The van der Waals surface area contributed by atoms with Crippen molar-refractivity contribution in [1.82, 2.24) is 10.2 Å². The molecule has 0 unspecified atom stereocenters. The van der Waals surface area contributed by atoms with E-state index in [2.05, 4.69) is 5.32 Å². The SMILES string of the molecule is CN(C)C(=O)CNCc1c(F)cc(C#N)cc1F. The largest absolute Gasteiger partial charge is 0.348 e. The summed E-state index contributed by atoms with van der Waals surface area (Å²) in [6.45, 7) is -0.116. The van der Waals surface area contributed by atoms with Crippen molar-refractivity contribution in [3.63, 3.8) is 0 Å². The van der Waals surface area contributed by atoms with Crippen molar-refractivity contribution in [3.8, 4) is 6.07 Å². The minimum absolute atomic E-state index is 0.00805. The van der Waals surface area contributed by atoms with E-state index in [9.17, 15) is 13.6 Å². The second-order valence-electron chi connectivity index (χ2n) is 3.92. The van der Waals surface area contributed by atoms with Crippen molar-refractivity contribution in [2.45, 2.75) is 6.54 Å². The van der Waals surface area contributed by atoms with Gasteiger partial charge in [0.1, 0.15) is 11.6 Å². The fourth-order valence-electron chi connectivity index (χ4n) is 1.29. The molecule has 0 fully saturated rings. The number of likely N-dealkylation sites (N-methyl/N-ethyl adjacent to an activating group) is 1. The summed E-state index contributed by atoms with van der Waals surface area (Å²) in [5, 5.41) is 11.2. The van der Waals surface area contributed by atoms with Gasteiger partial charge in [0.2, 0.25) is 5.91 Å². The Hall–Kier alpha value is -2.00. The van der Waals surface area contributed by atoms with Crippen LogP contribution in [0.2, 0.25) is 0 Å². The Balaban J connectivity index is 2.69. The molecule has 1 amide bonds. The molecule has 96 valence electrons. The molecule has 1 rings (SSSR count). The van der Waals surface area contributed by atoms with Gasteiger partial charge in [0, 0.05) is 26.2 Å². The minimum Gasteiger partial charge on any atom is -0.348 e. The molecule has 0 aliphatic heterocycles. The van der Waals surface area contributed by atoms with E-state index in [4.69, 9.17) is 5.26 Å². The lowest BCUT2D eigenvalue weighted by Gasteiger charge is -2.11. The molecule has 6 heteroatoms. The molecule has 1 N–H and O–H groups in total. The third-order valence-electron chi connectivity index (χ3n) is 2.35. The number of hydrogen-bond donors (Lipinski definition) is 1. The number of carbonyl (C=O) groups excluding carboxylic acids is 1. The van der Waals surface area contributed by atoms with Crippen LogP contribution in [-0.4, -0.2) is 31.4 Å². The summed E-state index contributed by atoms with van der Waals surface area (Å²) < 4.78 is 26.9. The Bertz CT molecular complexity index is 472. The molecule has 0 aliphatic carbocycles. The summed E-state index contributed by atoms with van der Waals surface area (Å²) in [7, 11) is 3.18. The molecule has 0 radical (unpaired) electrons. The summed E-state index contributed by atoms with van der Waals surface area (Å²) in [4.78, 5) is 12.6. The Morgan fingerprint density at radius 3 is 2.39 bits per heavy atom. The number of nitriles is 1. The lowest BCUT2D eigenvalue weighted by atomic mass is 10.1. The second-order valence-corrected chi connectivity index (χ2v) is 3.92. The van der Waals surface area contributed by atoms with Crippen LogP contribution in [0.15, 0.2) is 12.1 Å². The van der Waals surface area contributed by atoms with Gasteiger partial charge < -0.3 is 10.2 Å². The first-order chi connectivity index (χ1) is 8.45. The fourth-order valence-corrected chi connectivity index (χ4v) is 1.29. The van der Waals surface area contributed by atoms with Crippen molar-refractivity contribution in [1.29, 1.82) is 5.26 Å². The molecule has 4 nitrogen and oxygen atoms in total. The van der Waals surface area contributed by atoms with Gasteiger partial charge in [-0.25, -0.2) is 8.78 Å². The zero-order valence-electron chi connectivity index (χ0n) is 10.1. The Labute approximate surface area is 104 Å². The topological polar surface area (TPSA) is 56.1 Å². The molecule has 0 saturated carbocycles. The Kier molecular flexibility index (Phi) is 4.75. The van der Waals surface area contributed by atoms with Crippen LogP contribution < -0.4 is 5.32 Å². The molecule has 0 atom stereocenters. The molecule has 0 heterocycles. The highest BCUT2D eigenvalue weighted by Gasteiger charge is 2.11. The lowest BCUT2D eigenvalue weighted by molar-refractivity contribution is -0.127. The normalized spacial score (nSPS) is 9.94. The summed E-state index contributed by atoms with van der Waals surface area (Å²) in [5.41, 5.74) is -0.251. The molecule has 1 aromatic carbocycles. The number of carbonyl (C=O) groups is 1. The van der Waals surface area contributed by atoms with Crippen LogP contribution in [0.1, 0.15) is 11.1 Å². The molecule has 0 aromatic heterocycles. The standard InChI is InChI=1S/C12H13F2N3O/c1-17(2)12(18)7-16-6-9-10(13)3-8(5-15)4-11(9)14/h3-4,16H,6-7H2,1-2H3. The van der Waals surface area contributed by atoms with Gasteiger partial charge in [0.25, 0.3) is 0 Å². The average Bonchev–Trinajstić information content (AvgIpc) is 2.31. The van der Waals surface area contributed by atoms with Crippen LogP contribution in [0, 0.1) is 23.0 Å². The molecule has 0 saturated heterocycles. The molecular weight excluding hydrogens is 240 g/mol. The molecular formula is C12H13F2N3O. The number of amides is 1. The van der Waals surface area contributed by atoms with Crippen LogP contribution in [-0.2, 0) is 11.3 Å². The molecule has 0 bridgehead atoms. The highest BCUT2D eigenvalue weighted by Crippen LogP contribution is 2.14. The quantitative estimate of drug-likeness (QED) is 0.871. The lowest BCUT2D eigenvalue weighted by Crippen LogP contribution is -2.33. The van der Waals surface area contributed by atoms with Crippen molar-refractivity contribution >= 4 is 5.91 Å². The van der Waals surface area contributed by atoms with E-state index >= 15 is 0 Å². The molecule has 0 aliphatic rings. The predicted molar refractivity (Wildman–Crippen MR) is 61.5 cm³/mol. The first-order valence-electron chi connectivity index (χ1n) is 5.24. The minimum atomic E-state index is -0.795. The smallest absolute Gasteiger partial charge is 0.236 e. The maximum absolute atomic E-state index is 13.5. The van der Waals surface area contributed by atoms with Crippen LogP contribution in [0.4, 0.5) is 8.78 Å². The monoisotopic (exact) mass is 253 g/mol. The zero-order chi connectivity index (χ0) is 13.7. The number of nitrogens with zero attached hydrogens (tertiary/aromatic N) is 2. The van der Waals surface area contributed by atoms with Gasteiger partial charge in [-0.05, 0) is 12.1 Å². The van der Waals surface area contributed by atoms with Crippen LogP contribution in [0.25, 0.3) is 0 Å². The molecule has 0 spiro atoms. The van der Waals surface area contributed by atoms with Crippen LogP contribution >= 0.6 is 0 Å². The van der Waals surface area contributed by atoms with Gasteiger partial charge in [-0.3, -0.25) is 4.79 Å². The zero-order valence-corrected chi connectivity index (χ0v) is 10.1. The van der Waals surface area contributed by atoms with Crippen LogP contribution in [0.3, 0.4) is 0 Å². The van der Waals surface area contributed by atoms with Gasteiger partial charge in [-0.2, -0.15) is 5.26 Å².